The van der Waals surface area contributed by atoms with Crippen LogP contribution in [0, 0.1) is 5.41 Å². The van der Waals surface area contributed by atoms with Gasteiger partial charge in [-0.25, -0.2) is 0 Å². The summed E-state index contributed by atoms with van der Waals surface area (Å²) in [5.74, 6) is 0. The number of hydrogen-bond acceptors (Lipinski definition) is 3. The summed E-state index contributed by atoms with van der Waals surface area (Å²) in [6, 6.07) is 4.20. The fraction of sp³-hybridized carbons (Fsp3) is 0.643. The molecule has 0 spiro atoms. The molecule has 3 nitrogen and oxygen atoms in total. The molecule has 2 rings (SSSR count). The van der Waals surface area contributed by atoms with Gasteiger partial charge in [-0.15, -0.1) is 0 Å². The summed E-state index contributed by atoms with van der Waals surface area (Å²) in [7, 11) is 0. The quantitative estimate of drug-likeness (QED) is 0.854. The molecular formula is C14H23N3. The SMILES string of the molecule is C[C@H](N)c1ccc(N2CCC(C)(C)CC2)cn1. The third kappa shape index (κ3) is 2.97. The summed E-state index contributed by atoms with van der Waals surface area (Å²) in [5.41, 5.74) is 8.49. The summed E-state index contributed by atoms with van der Waals surface area (Å²) in [6.45, 7) is 8.92. The molecule has 0 radical (unpaired) electrons. The van der Waals surface area contributed by atoms with Crippen LogP contribution in [0.25, 0.3) is 0 Å². The number of rotatable bonds is 2. The van der Waals surface area contributed by atoms with Gasteiger partial charge in [0, 0.05) is 19.1 Å². The zero-order valence-electron chi connectivity index (χ0n) is 11.1. The van der Waals surface area contributed by atoms with E-state index in [9.17, 15) is 0 Å². The summed E-state index contributed by atoms with van der Waals surface area (Å²) < 4.78 is 0. The molecule has 2 N–H and O–H groups in total. The van der Waals surface area contributed by atoms with E-state index in [0.29, 0.717) is 5.41 Å². The highest BCUT2D eigenvalue weighted by Gasteiger charge is 2.25. The van der Waals surface area contributed by atoms with Gasteiger partial charge in [-0.3, -0.25) is 4.98 Å². The van der Waals surface area contributed by atoms with Crippen molar-refractivity contribution in [3.63, 3.8) is 0 Å². The summed E-state index contributed by atoms with van der Waals surface area (Å²) >= 11 is 0. The molecule has 1 aromatic rings. The fourth-order valence-corrected chi connectivity index (χ4v) is 2.22. The Hall–Kier alpha value is -1.09. The first kappa shape index (κ1) is 12.4. The van der Waals surface area contributed by atoms with Crippen molar-refractivity contribution in [2.45, 2.75) is 39.7 Å². The van der Waals surface area contributed by atoms with E-state index in [1.807, 2.05) is 19.2 Å². The van der Waals surface area contributed by atoms with Crippen LogP contribution < -0.4 is 10.6 Å². The third-order valence-corrected chi connectivity index (χ3v) is 3.72. The average molecular weight is 233 g/mol. The number of hydrogen-bond donors (Lipinski definition) is 1. The largest absolute Gasteiger partial charge is 0.370 e. The van der Waals surface area contributed by atoms with Crippen molar-refractivity contribution in [2.75, 3.05) is 18.0 Å². The molecule has 17 heavy (non-hydrogen) atoms. The highest BCUT2D eigenvalue weighted by molar-refractivity contribution is 5.45. The Morgan fingerprint density at radius 2 is 1.94 bits per heavy atom. The number of pyridine rings is 1. The van der Waals surface area contributed by atoms with Crippen molar-refractivity contribution in [2.24, 2.45) is 11.1 Å². The van der Waals surface area contributed by atoms with Crippen molar-refractivity contribution in [3.8, 4) is 0 Å². The van der Waals surface area contributed by atoms with Gasteiger partial charge in [0.15, 0.2) is 0 Å². The maximum absolute atomic E-state index is 5.80. The predicted octanol–water partition coefficient (Wildman–Crippen LogP) is 2.73. The van der Waals surface area contributed by atoms with Gasteiger partial charge in [0.2, 0.25) is 0 Å². The lowest BCUT2D eigenvalue weighted by Gasteiger charge is -2.38. The molecule has 1 aromatic heterocycles. The zero-order valence-corrected chi connectivity index (χ0v) is 11.1. The number of nitrogens with zero attached hydrogens (tertiary/aromatic N) is 2. The van der Waals surface area contributed by atoms with Crippen LogP contribution in [0.3, 0.4) is 0 Å². The van der Waals surface area contributed by atoms with E-state index >= 15 is 0 Å². The molecule has 0 saturated carbocycles. The van der Waals surface area contributed by atoms with Gasteiger partial charge in [0.05, 0.1) is 17.6 Å². The van der Waals surface area contributed by atoms with Crippen LogP contribution in [0.4, 0.5) is 5.69 Å². The highest BCUT2D eigenvalue weighted by atomic mass is 15.1. The van der Waals surface area contributed by atoms with Gasteiger partial charge >= 0.3 is 0 Å². The van der Waals surface area contributed by atoms with Gasteiger partial charge in [-0.2, -0.15) is 0 Å². The monoisotopic (exact) mass is 233 g/mol. The van der Waals surface area contributed by atoms with Crippen LogP contribution in [0.1, 0.15) is 45.3 Å². The van der Waals surface area contributed by atoms with Crippen molar-refractivity contribution in [1.82, 2.24) is 4.98 Å². The number of aromatic nitrogens is 1. The first-order valence-corrected chi connectivity index (χ1v) is 6.44. The Morgan fingerprint density at radius 3 is 2.41 bits per heavy atom. The maximum atomic E-state index is 5.80. The van der Waals surface area contributed by atoms with Gasteiger partial charge < -0.3 is 10.6 Å². The number of anilines is 1. The molecule has 1 saturated heterocycles. The Bertz CT molecular complexity index is 358. The smallest absolute Gasteiger partial charge is 0.0569 e. The van der Waals surface area contributed by atoms with Crippen LogP contribution in [-0.2, 0) is 0 Å². The van der Waals surface area contributed by atoms with E-state index < -0.39 is 0 Å². The number of nitrogens with two attached hydrogens (primary N) is 1. The lowest BCUT2D eigenvalue weighted by Crippen LogP contribution is -2.37. The second-order valence-corrected chi connectivity index (χ2v) is 5.88. The normalized spacial score (nSPS) is 21.3. The van der Waals surface area contributed by atoms with E-state index in [1.54, 1.807) is 0 Å². The minimum absolute atomic E-state index is 0.0179. The van der Waals surface area contributed by atoms with Crippen LogP contribution >= 0.6 is 0 Å². The first-order chi connectivity index (χ1) is 7.98. The zero-order chi connectivity index (χ0) is 12.5. The summed E-state index contributed by atoms with van der Waals surface area (Å²) in [5, 5.41) is 0. The van der Waals surface area contributed by atoms with Crippen molar-refractivity contribution in [3.05, 3.63) is 24.0 Å². The highest BCUT2D eigenvalue weighted by Crippen LogP contribution is 2.31. The van der Waals surface area contributed by atoms with Gasteiger partial charge in [-0.1, -0.05) is 13.8 Å². The molecule has 0 aliphatic carbocycles. The van der Waals surface area contributed by atoms with Crippen molar-refractivity contribution < 1.29 is 0 Å². The molecule has 0 bridgehead atoms. The molecule has 2 heterocycles. The average Bonchev–Trinajstić information content (AvgIpc) is 2.29. The second-order valence-electron chi connectivity index (χ2n) is 5.88. The Morgan fingerprint density at radius 1 is 1.29 bits per heavy atom. The Balaban J connectivity index is 2.04. The predicted molar refractivity (Wildman–Crippen MR) is 72.1 cm³/mol. The van der Waals surface area contributed by atoms with Crippen LogP contribution in [-0.4, -0.2) is 18.1 Å². The minimum atomic E-state index is 0.0179. The second kappa shape index (κ2) is 4.65. The summed E-state index contributed by atoms with van der Waals surface area (Å²) in [6.07, 6.45) is 4.46. The summed E-state index contributed by atoms with van der Waals surface area (Å²) in [4.78, 5) is 6.84. The van der Waals surface area contributed by atoms with Crippen molar-refractivity contribution >= 4 is 5.69 Å². The van der Waals surface area contributed by atoms with Crippen LogP contribution in [0.2, 0.25) is 0 Å². The van der Waals surface area contributed by atoms with Gasteiger partial charge in [-0.05, 0) is 37.3 Å². The van der Waals surface area contributed by atoms with Crippen LogP contribution in [0.5, 0.6) is 0 Å². The van der Waals surface area contributed by atoms with Gasteiger partial charge in [0.1, 0.15) is 0 Å². The lowest BCUT2D eigenvalue weighted by atomic mass is 9.82. The Labute approximate surface area is 104 Å². The van der Waals surface area contributed by atoms with E-state index in [4.69, 9.17) is 5.73 Å². The standard InChI is InChI=1S/C14H23N3/c1-11(15)13-5-4-12(10-16-13)17-8-6-14(2,3)7-9-17/h4-5,10-11H,6-9,15H2,1-3H3/t11-/m0/s1. The van der Waals surface area contributed by atoms with Crippen LogP contribution in [0.15, 0.2) is 18.3 Å². The molecular weight excluding hydrogens is 210 g/mol. The molecule has 94 valence electrons. The molecule has 3 heteroatoms. The van der Waals surface area contributed by atoms with E-state index in [1.165, 1.54) is 18.5 Å². The maximum Gasteiger partial charge on any atom is 0.0569 e. The topological polar surface area (TPSA) is 42.1 Å². The number of piperidine rings is 1. The Kier molecular flexibility index (Phi) is 3.38. The van der Waals surface area contributed by atoms with E-state index in [-0.39, 0.29) is 6.04 Å². The molecule has 1 fully saturated rings. The molecule has 0 unspecified atom stereocenters. The minimum Gasteiger partial charge on any atom is -0.370 e. The molecule has 0 aromatic carbocycles. The molecule has 1 aliphatic heterocycles. The fourth-order valence-electron chi connectivity index (χ4n) is 2.22. The van der Waals surface area contributed by atoms with Crippen molar-refractivity contribution in [1.29, 1.82) is 0 Å². The first-order valence-electron chi connectivity index (χ1n) is 6.44. The molecule has 1 atom stereocenters. The molecule has 0 amide bonds. The van der Waals surface area contributed by atoms with Gasteiger partial charge in [0.25, 0.3) is 0 Å². The molecule has 1 aliphatic rings. The lowest BCUT2D eigenvalue weighted by molar-refractivity contribution is 0.280. The third-order valence-electron chi connectivity index (χ3n) is 3.72. The van der Waals surface area contributed by atoms with E-state index in [0.717, 1.165) is 18.8 Å². The van der Waals surface area contributed by atoms with E-state index in [2.05, 4.69) is 29.8 Å².